The Bertz CT molecular complexity index is 240. The summed E-state index contributed by atoms with van der Waals surface area (Å²) in [5.41, 5.74) is 3.63. The lowest BCUT2D eigenvalue weighted by Gasteiger charge is -1.98. The van der Waals surface area contributed by atoms with Gasteiger partial charge < -0.3 is 11.5 Å². The van der Waals surface area contributed by atoms with Gasteiger partial charge in [0, 0.05) is 0 Å². The maximum Gasteiger partial charge on any atom is 0.511 e. The van der Waals surface area contributed by atoms with Crippen LogP contribution in [-0.4, -0.2) is 19.9 Å². The van der Waals surface area contributed by atoms with Crippen LogP contribution in [0.5, 0.6) is 0 Å². The van der Waals surface area contributed by atoms with Crippen molar-refractivity contribution in [3.63, 3.8) is 0 Å². The predicted octanol–water partition coefficient (Wildman–Crippen LogP) is -1.37. The number of primary sulfonamides is 1. The van der Waals surface area contributed by atoms with E-state index >= 15 is 0 Å². The molecule has 10 heteroatoms. The van der Waals surface area contributed by atoms with E-state index in [-0.39, 0.29) is 5.96 Å². The van der Waals surface area contributed by atoms with Crippen molar-refractivity contribution in [2.75, 3.05) is 0 Å². The van der Waals surface area contributed by atoms with Crippen molar-refractivity contribution in [2.24, 2.45) is 16.6 Å². The highest BCUT2D eigenvalue weighted by molar-refractivity contribution is 7.90. The maximum atomic E-state index is 10.8. The van der Waals surface area contributed by atoms with Gasteiger partial charge in [-0.1, -0.05) is 0 Å². The number of sulfonamides is 1. The number of rotatable bonds is 0. The summed E-state index contributed by atoms with van der Waals surface area (Å²) in [5, 5.41) is 9.72. The van der Waals surface area contributed by atoms with Crippen molar-refractivity contribution in [1.29, 1.82) is 5.41 Å². The number of hydrogen-bond acceptors (Lipinski definition) is 3. The second-order valence-electron chi connectivity index (χ2n) is 1.45. The molecule has 0 amide bonds. The van der Waals surface area contributed by atoms with Crippen LogP contribution in [0.25, 0.3) is 0 Å². The van der Waals surface area contributed by atoms with Gasteiger partial charge in [0.2, 0.25) is 0 Å². The van der Waals surface area contributed by atoms with Crippen LogP contribution >= 0.6 is 0 Å². The second-order valence-corrected chi connectivity index (χ2v) is 3.00. The maximum absolute atomic E-state index is 10.8. The van der Waals surface area contributed by atoms with Crippen LogP contribution in [0.3, 0.4) is 0 Å². The minimum absolute atomic E-state index is 0.333. The summed E-state index contributed by atoms with van der Waals surface area (Å²) in [5.74, 6) is -0.333. The van der Waals surface area contributed by atoms with E-state index < -0.39 is 15.5 Å². The van der Waals surface area contributed by atoms with Gasteiger partial charge in [-0.3, -0.25) is 5.41 Å². The molecule has 0 fully saturated rings. The molecule has 0 atom stereocenters. The zero-order valence-electron chi connectivity index (χ0n) is 5.59. The second kappa shape index (κ2) is 4.11. The van der Waals surface area contributed by atoms with E-state index in [0.29, 0.717) is 0 Å². The van der Waals surface area contributed by atoms with Crippen molar-refractivity contribution in [3.8, 4) is 0 Å². The van der Waals surface area contributed by atoms with Gasteiger partial charge in [0.15, 0.2) is 5.96 Å². The highest BCUT2D eigenvalue weighted by atomic mass is 32.2. The first kappa shape index (κ1) is 13.6. The largest absolute Gasteiger partial charge is 0.511 e. The molecule has 0 saturated carbocycles. The first-order valence-corrected chi connectivity index (χ1v) is 3.71. The summed E-state index contributed by atoms with van der Waals surface area (Å²) in [6.07, 6.45) is 0. The number of nitrogens with two attached hydrogens (primary N) is 3. The number of guanidine groups is 1. The summed E-state index contributed by atoms with van der Waals surface area (Å²) in [4.78, 5) is 0. The van der Waals surface area contributed by atoms with Crippen molar-refractivity contribution >= 4 is 16.0 Å². The van der Waals surface area contributed by atoms with Crippen LogP contribution in [0.15, 0.2) is 0 Å². The van der Waals surface area contributed by atoms with Crippen LogP contribution in [0.2, 0.25) is 0 Å². The fourth-order valence-corrected chi connectivity index (χ4v) is 0. The first-order chi connectivity index (χ1) is 4.98. The molecular weight excluding hydrogens is 201 g/mol. The molecule has 0 saturated heterocycles. The molecule has 0 aliphatic rings. The number of nitrogens with one attached hydrogen (secondary N) is 1. The third-order valence-corrected chi connectivity index (χ3v) is 0.968. The van der Waals surface area contributed by atoms with E-state index in [2.05, 4.69) is 16.6 Å². The van der Waals surface area contributed by atoms with Crippen LogP contribution in [0.4, 0.5) is 13.2 Å². The van der Waals surface area contributed by atoms with Gasteiger partial charge in [-0.2, -0.15) is 13.2 Å². The molecule has 0 aromatic heterocycles. The Morgan fingerprint density at radius 1 is 1.25 bits per heavy atom. The molecule has 0 heterocycles. The fourth-order valence-electron chi connectivity index (χ4n) is 0. The van der Waals surface area contributed by atoms with Crippen LogP contribution in [0, 0.1) is 5.41 Å². The average Bonchev–Trinajstić information content (AvgIpc) is 1.55. The highest BCUT2D eigenvalue weighted by Crippen LogP contribution is 2.18. The number of alkyl halides is 3. The minimum atomic E-state index is -5.34. The molecule has 6 nitrogen and oxygen atoms in total. The molecule has 0 aromatic rings. The molecule has 7 N–H and O–H groups in total. The summed E-state index contributed by atoms with van der Waals surface area (Å²) < 4.78 is 51.2. The Balaban J connectivity index is 0. The number of halogens is 3. The molecule has 12 heavy (non-hydrogen) atoms. The van der Waals surface area contributed by atoms with Crippen molar-refractivity contribution in [3.05, 3.63) is 0 Å². The molecule has 0 spiro atoms. The summed E-state index contributed by atoms with van der Waals surface area (Å²) in [6, 6.07) is 0. The molecule has 0 aromatic carbocycles. The van der Waals surface area contributed by atoms with E-state index in [4.69, 9.17) is 5.41 Å². The summed E-state index contributed by atoms with van der Waals surface area (Å²) >= 11 is 0. The molecular formula is C2H7F3N4O2S. The van der Waals surface area contributed by atoms with E-state index in [1.807, 2.05) is 0 Å². The average molecular weight is 208 g/mol. The minimum Gasteiger partial charge on any atom is -0.370 e. The van der Waals surface area contributed by atoms with E-state index in [0.717, 1.165) is 0 Å². The van der Waals surface area contributed by atoms with Gasteiger partial charge in [-0.05, 0) is 0 Å². The monoisotopic (exact) mass is 208 g/mol. The Morgan fingerprint density at radius 3 is 1.33 bits per heavy atom. The van der Waals surface area contributed by atoms with Crippen molar-refractivity contribution in [1.82, 2.24) is 0 Å². The third kappa shape index (κ3) is 8.97. The van der Waals surface area contributed by atoms with Gasteiger partial charge in [0.1, 0.15) is 0 Å². The molecule has 0 unspecified atom stereocenters. The van der Waals surface area contributed by atoms with E-state index in [1.165, 1.54) is 0 Å². The standard InChI is InChI=1S/CH2F3NO2S.CH5N3/c2-1(3,4)8(5,6)7;2-1(3)4/h(H2,5,6,7);(H5,2,3,4). The Labute approximate surface area is 66.1 Å². The zero-order valence-corrected chi connectivity index (χ0v) is 6.41. The van der Waals surface area contributed by atoms with Crippen molar-refractivity contribution < 1.29 is 21.6 Å². The van der Waals surface area contributed by atoms with E-state index in [1.54, 1.807) is 0 Å². The predicted molar refractivity (Wildman–Crippen MR) is 35.3 cm³/mol. The molecule has 0 aliphatic carbocycles. The van der Waals surface area contributed by atoms with Gasteiger partial charge >= 0.3 is 15.5 Å². The summed E-state index contributed by atoms with van der Waals surface area (Å²) in [6.45, 7) is 0. The quantitative estimate of drug-likeness (QED) is 0.288. The number of hydrogen-bond donors (Lipinski definition) is 4. The summed E-state index contributed by atoms with van der Waals surface area (Å²) in [7, 11) is -5.34. The van der Waals surface area contributed by atoms with Crippen LogP contribution in [-0.2, 0) is 10.0 Å². The highest BCUT2D eigenvalue weighted by Gasteiger charge is 2.42. The van der Waals surface area contributed by atoms with Crippen LogP contribution in [0.1, 0.15) is 0 Å². The van der Waals surface area contributed by atoms with Gasteiger partial charge in [-0.25, -0.2) is 13.6 Å². The fraction of sp³-hybridized carbons (Fsp3) is 0.500. The van der Waals surface area contributed by atoms with Crippen LogP contribution < -0.4 is 16.6 Å². The first-order valence-electron chi connectivity index (χ1n) is 2.17. The molecule has 0 bridgehead atoms. The SMILES string of the molecule is N=C(N)N.NS(=O)(=O)C(F)(F)F. The Hall–Kier alpha value is -1.03. The lowest BCUT2D eigenvalue weighted by molar-refractivity contribution is -0.0436. The lowest BCUT2D eigenvalue weighted by atomic mass is 11.1. The molecule has 0 radical (unpaired) electrons. The molecule has 0 rings (SSSR count). The Morgan fingerprint density at radius 2 is 1.33 bits per heavy atom. The van der Waals surface area contributed by atoms with Gasteiger partial charge in [-0.15, -0.1) is 0 Å². The topological polar surface area (TPSA) is 136 Å². The van der Waals surface area contributed by atoms with Crippen molar-refractivity contribution in [2.45, 2.75) is 5.51 Å². The smallest absolute Gasteiger partial charge is 0.370 e. The third-order valence-electron chi connectivity index (χ3n) is 0.323. The molecule has 74 valence electrons. The van der Waals surface area contributed by atoms with E-state index in [9.17, 15) is 21.6 Å². The molecule has 0 aliphatic heterocycles. The Kier molecular flexibility index (Phi) is 4.64. The normalized spacial score (nSPS) is 11.3. The van der Waals surface area contributed by atoms with Gasteiger partial charge in [0.05, 0.1) is 0 Å². The van der Waals surface area contributed by atoms with Gasteiger partial charge in [0.25, 0.3) is 0 Å². The zero-order chi connectivity index (χ0) is 10.6. The lowest BCUT2D eigenvalue weighted by Crippen LogP contribution is -2.30.